The first-order chi connectivity index (χ1) is 7.63. The van der Waals surface area contributed by atoms with Crippen molar-refractivity contribution < 1.29 is 9.53 Å². The average Bonchev–Trinajstić information content (AvgIpc) is 2.26. The highest BCUT2D eigenvalue weighted by molar-refractivity contribution is 5.68. The molecular weight excluding hydrogens is 204 g/mol. The maximum absolute atomic E-state index is 11.3. The standard InChI is InChI=1S/C12H14N2O2/c1-9(2)16-12(15)14-11(8-13)10-6-4-3-5-7-10/h3-7,9,11H,1-2H3,(H,14,15). The summed E-state index contributed by atoms with van der Waals surface area (Å²) in [7, 11) is 0. The summed E-state index contributed by atoms with van der Waals surface area (Å²) >= 11 is 0. The molecule has 1 atom stereocenters. The van der Waals surface area contributed by atoms with Crippen LogP contribution < -0.4 is 5.32 Å². The normalized spacial score (nSPS) is 11.6. The lowest BCUT2D eigenvalue weighted by Gasteiger charge is -2.13. The van der Waals surface area contributed by atoms with E-state index in [9.17, 15) is 4.79 Å². The summed E-state index contributed by atoms with van der Waals surface area (Å²) in [6, 6.07) is 10.4. The van der Waals surface area contributed by atoms with Crippen LogP contribution in [0.1, 0.15) is 25.5 Å². The van der Waals surface area contributed by atoms with Crippen LogP contribution in [0.15, 0.2) is 30.3 Å². The molecule has 1 aromatic rings. The molecule has 0 aliphatic carbocycles. The third kappa shape index (κ3) is 3.62. The van der Waals surface area contributed by atoms with Crippen LogP contribution in [0.5, 0.6) is 0 Å². The van der Waals surface area contributed by atoms with E-state index >= 15 is 0 Å². The first-order valence-electron chi connectivity index (χ1n) is 5.05. The quantitative estimate of drug-likeness (QED) is 0.847. The second-order valence-corrected chi connectivity index (χ2v) is 3.57. The molecule has 84 valence electrons. The van der Waals surface area contributed by atoms with Gasteiger partial charge in [0.25, 0.3) is 0 Å². The van der Waals surface area contributed by atoms with E-state index in [-0.39, 0.29) is 6.10 Å². The van der Waals surface area contributed by atoms with Crippen molar-refractivity contribution in [2.45, 2.75) is 26.0 Å². The van der Waals surface area contributed by atoms with Gasteiger partial charge in [-0.25, -0.2) is 4.79 Å². The molecule has 1 aromatic carbocycles. The summed E-state index contributed by atoms with van der Waals surface area (Å²) in [4.78, 5) is 11.3. The molecule has 0 aromatic heterocycles. The molecule has 1 unspecified atom stereocenters. The first-order valence-corrected chi connectivity index (χ1v) is 5.05. The topological polar surface area (TPSA) is 62.1 Å². The van der Waals surface area contributed by atoms with Gasteiger partial charge in [0.15, 0.2) is 0 Å². The monoisotopic (exact) mass is 218 g/mol. The lowest BCUT2D eigenvalue weighted by atomic mass is 10.1. The molecule has 0 radical (unpaired) electrons. The van der Waals surface area contributed by atoms with Crippen LogP contribution in [0.2, 0.25) is 0 Å². The number of hydrogen-bond donors (Lipinski definition) is 1. The van der Waals surface area contributed by atoms with Crippen molar-refractivity contribution in [3.05, 3.63) is 35.9 Å². The summed E-state index contributed by atoms with van der Waals surface area (Å²) in [6.07, 6.45) is -0.777. The van der Waals surface area contributed by atoms with Crippen molar-refractivity contribution >= 4 is 6.09 Å². The summed E-state index contributed by atoms with van der Waals surface area (Å²) in [5, 5.41) is 11.4. The number of amides is 1. The predicted octanol–water partition coefficient (Wildman–Crippen LogP) is 2.39. The summed E-state index contributed by atoms with van der Waals surface area (Å²) in [6.45, 7) is 3.51. The van der Waals surface area contributed by atoms with Gasteiger partial charge < -0.3 is 10.1 Å². The summed E-state index contributed by atoms with van der Waals surface area (Å²) < 4.78 is 4.90. The van der Waals surface area contributed by atoms with E-state index in [0.717, 1.165) is 5.56 Å². The zero-order chi connectivity index (χ0) is 12.0. The Labute approximate surface area is 94.8 Å². The zero-order valence-corrected chi connectivity index (χ0v) is 9.31. The SMILES string of the molecule is CC(C)OC(=O)NC(C#N)c1ccccc1. The minimum Gasteiger partial charge on any atom is -0.447 e. The molecule has 1 rings (SSSR count). The van der Waals surface area contributed by atoms with E-state index < -0.39 is 12.1 Å². The number of carbonyl (C=O) groups is 1. The minimum absolute atomic E-state index is 0.199. The van der Waals surface area contributed by atoms with Gasteiger partial charge >= 0.3 is 6.09 Å². The second kappa shape index (κ2) is 5.76. The molecule has 4 nitrogen and oxygen atoms in total. The molecule has 1 amide bonds. The number of ether oxygens (including phenoxy) is 1. The number of nitrogens with zero attached hydrogens (tertiary/aromatic N) is 1. The highest BCUT2D eigenvalue weighted by atomic mass is 16.6. The molecule has 0 heterocycles. The van der Waals surface area contributed by atoms with Crippen molar-refractivity contribution in [3.8, 4) is 6.07 Å². The van der Waals surface area contributed by atoms with Crippen LogP contribution in [0.3, 0.4) is 0 Å². The Morgan fingerprint density at radius 3 is 2.50 bits per heavy atom. The van der Waals surface area contributed by atoms with Gasteiger partial charge in [-0.05, 0) is 19.4 Å². The first kappa shape index (κ1) is 12.1. The maximum atomic E-state index is 11.3. The number of carbonyl (C=O) groups excluding carboxylic acids is 1. The van der Waals surface area contributed by atoms with E-state index in [1.165, 1.54) is 0 Å². The van der Waals surface area contributed by atoms with E-state index in [0.29, 0.717) is 0 Å². The van der Waals surface area contributed by atoms with Crippen molar-refractivity contribution in [1.29, 1.82) is 5.26 Å². The van der Waals surface area contributed by atoms with Gasteiger partial charge in [0.05, 0.1) is 12.2 Å². The van der Waals surface area contributed by atoms with Crippen LogP contribution in [-0.2, 0) is 4.74 Å². The number of benzene rings is 1. The fourth-order valence-corrected chi connectivity index (χ4v) is 1.20. The van der Waals surface area contributed by atoms with Gasteiger partial charge in [-0.1, -0.05) is 30.3 Å². The fraction of sp³-hybridized carbons (Fsp3) is 0.333. The predicted molar refractivity (Wildman–Crippen MR) is 59.5 cm³/mol. The second-order valence-electron chi connectivity index (χ2n) is 3.57. The van der Waals surface area contributed by atoms with Gasteiger partial charge in [-0.3, -0.25) is 0 Å². The van der Waals surface area contributed by atoms with Gasteiger partial charge in [0.1, 0.15) is 6.04 Å². The molecule has 0 bridgehead atoms. The van der Waals surface area contributed by atoms with Crippen molar-refractivity contribution in [2.75, 3.05) is 0 Å². The number of hydrogen-bond acceptors (Lipinski definition) is 3. The molecule has 0 spiro atoms. The Morgan fingerprint density at radius 1 is 1.38 bits per heavy atom. The molecule has 0 saturated heterocycles. The van der Waals surface area contributed by atoms with Crippen LogP contribution in [0.4, 0.5) is 4.79 Å². The Hall–Kier alpha value is -2.02. The van der Waals surface area contributed by atoms with Crippen molar-refractivity contribution in [3.63, 3.8) is 0 Å². The van der Waals surface area contributed by atoms with Gasteiger partial charge in [0.2, 0.25) is 0 Å². The minimum atomic E-state index is -0.674. The Bertz CT molecular complexity index is 382. The summed E-state index contributed by atoms with van der Waals surface area (Å²) in [5.41, 5.74) is 0.741. The Kier molecular flexibility index (Phi) is 4.34. The number of nitriles is 1. The highest BCUT2D eigenvalue weighted by Gasteiger charge is 2.14. The van der Waals surface area contributed by atoms with E-state index in [2.05, 4.69) is 5.32 Å². The summed E-state index contributed by atoms with van der Waals surface area (Å²) in [5.74, 6) is 0. The van der Waals surface area contributed by atoms with E-state index in [1.807, 2.05) is 24.3 Å². The zero-order valence-electron chi connectivity index (χ0n) is 9.31. The van der Waals surface area contributed by atoms with Crippen LogP contribution >= 0.6 is 0 Å². The van der Waals surface area contributed by atoms with Crippen LogP contribution in [0, 0.1) is 11.3 Å². The molecule has 4 heteroatoms. The molecule has 0 aliphatic heterocycles. The van der Waals surface area contributed by atoms with E-state index in [4.69, 9.17) is 10.00 Å². The molecule has 16 heavy (non-hydrogen) atoms. The molecular formula is C12H14N2O2. The van der Waals surface area contributed by atoms with Crippen molar-refractivity contribution in [1.82, 2.24) is 5.32 Å². The van der Waals surface area contributed by atoms with Gasteiger partial charge in [-0.15, -0.1) is 0 Å². The fourth-order valence-electron chi connectivity index (χ4n) is 1.20. The van der Waals surface area contributed by atoms with Gasteiger partial charge in [0, 0.05) is 0 Å². The smallest absolute Gasteiger partial charge is 0.408 e. The van der Waals surface area contributed by atoms with Crippen LogP contribution in [-0.4, -0.2) is 12.2 Å². The van der Waals surface area contributed by atoms with Gasteiger partial charge in [-0.2, -0.15) is 5.26 Å². The highest BCUT2D eigenvalue weighted by Crippen LogP contribution is 2.11. The van der Waals surface area contributed by atoms with E-state index in [1.54, 1.807) is 26.0 Å². The maximum Gasteiger partial charge on any atom is 0.408 e. The number of alkyl carbamates (subject to hydrolysis) is 1. The van der Waals surface area contributed by atoms with Crippen LogP contribution in [0.25, 0.3) is 0 Å². The third-order valence-electron chi connectivity index (χ3n) is 1.87. The molecule has 0 aliphatic rings. The lowest BCUT2D eigenvalue weighted by Crippen LogP contribution is -2.30. The Balaban J connectivity index is 2.64. The number of rotatable bonds is 3. The number of nitrogens with one attached hydrogen (secondary N) is 1. The Morgan fingerprint density at radius 2 is 2.00 bits per heavy atom. The molecule has 0 fully saturated rings. The lowest BCUT2D eigenvalue weighted by molar-refractivity contribution is 0.114. The largest absolute Gasteiger partial charge is 0.447 e. The third-order valence-corrected chi connectivity index (χ3v) is 1.87. The molecule has 0 saturated carbocycles. The average molecular weight is 218 g/mol. The molecule has 1 N–H and O–H groups in total. The van der Waals surface area contributed by atoms with Crippen molar-refractivity contribution in [2.24, 2.45) is 0 Å².